The number of carbonyl (C=O) groups is 1. The van der Waals surface area contributed by atoms with Crippen LogP contribution >= 0.6 is 0 Å². The molecule has 6 nitrogen and oxygen atoms in total. The summed E-state index contributed by atoms with van der Waals surface area (Å²) in [5.74, 6) is 0.643. The molecule has 2 aromatic heterocycles. The Kier molecular flexibility index (Phi) is 5.02. The Balaban J connectivity index is 1.61. The van der Waals surface area contributed by atoms with Crippen LogP contribution < -0.4 is 5.32 Å². The minimum atomic E-state index is -0.107. The standard InChI is InChI=1S/C20H25N5O/c1-14-17(15(2)25-19(24-14)22-13-23-25)10-11-18(26)21-12-20(3,4)16-8-6-5-7-9-16/h5-9,13H,10-12H2,1-4H3,(H,21,26). The van der Waals surface area contributed by atoms with Gasteiger partial charge in [0, 0.05) is 29.8 Å². The summed E-state index contributed by atoms with van der Waals surface area (Å²) in [5, 5.41) is 7.26. The lowest BCUT2D eigenvalue weighted by molar-refractivity contribution is -0.121. The Bertz CT molecular complexity index is 915. The van der Waals surface area contributed by atoms with Crippen LogP contribution in [0.15, 0.2) is 36.7 Å². The van der Waals surface area contributed by atoms with Gasteiger partial charge in [-0.15, -0.1) is 0 Å². The summed E-state index contributed by atoms with van der Waals surface area (Å²) in [6, 6.07) is 10.2. The number of carbonyl (C=O) groups excluding carboxylic acids is 1. The second kappa shape index (κ2) is 7.23. The molecule has 1 amide bonds. The molecule has 0 saturated heterocycles. The molecule has 26 heavy (non-hydrogen) atoms. The van der Waals surface area contributed by atoms with E-state index in [0.29, 0.717) is 25.2 Å². The molecule has 2 heterocycles. The quantitative estimate of drug-likeness (QED) is 0.741. The largest absolute Gasteiger partial charge is 0.355 e. The number of nitrogens with one attached hydrogen (secondary N) is 1. The van der Waals surface area contributed by atoms with Gasteiger partial charge in [-0.2, -0.15) is 10.1 Å². The number of hydrogen-bond acceptors (Lipinski definition) is 4. The van der Waals surface area contributed by atoms with E-state index in [0.717, 1.165) is 17.0 Å². The van der Waals surface area contributed by atoms with Crippen molar-refractivity contribution in [3.8, 4) is 0 Å². The molecule has 0 bridgehead atoms. The van der Waals surface area contributed by atoms with Crippen LogP contribution in [0.4, 0.5) is 0 Å². The third-order valence-electron chi connectivity index (χ3n) is 4.87. The third kappa shape index (κ3) is 3.74. The van der Waals surface area contributed by atoms with E-state index in [-0.39, 0.29) is 11.3 Å². The lowest BCUT2D eigenvalue weighted by Crippen LogP contribution is -2.36. The molecule has 0 radical (unpaired) electrons. The topological polar surface area (TPSA) is 72.2 Å². The highest BCUT2D eigenvalue weighted by Crippen LogP contribution is 2.22. The van der Waals surface area contributed by atoms with Gasteiger partial charge in [0.25, 0.3) is 5.78 Å². The van der Waals surface area contributed by atoms with E-state index in [1.807, 2.05) is 32.0 Å². The fourth-order valence-corrected chi connectivity index (χ4v) is 3.16. The first-order valence-corrected chi connectivity index (χ1v) is 8.86. The molecule has 0 unspecified atom stereocenters. The summed E-state index contributed by atoms with van der Waals surface area (Å²) in [7, 11) is 0. The van der Waals surface area contributed by atoms with Gasteiger partial charge in [0.15, 0.2) is 0 Å². The van der Waals surface area contributed by atoms with E-state index in [9.17, 15) is 4.79 Å². The summed E-state index contributed by atoms with van der Waals surface area (Å²) in [6.45, 7) is 8.82. The average Bonchev–Trinajstić information content (AvgIpc) is 3.09. The normalized spacial score (nSPS) is 11.7. The lowest BCUT2D eigenvalue weighted by Gasteiger charge is -2.25. The van der Waals surface area contributed by atoms with Crippen molar-refractivity contribution in [1.82, 2.24) is 24.9 Å². The van der Waals surface area contributed by atoms with Crippen molar-refractivity contribution in [2.24, 2.45) is 0 Å². The number of fused-ring (bicyclic) bond motifs is 1. The molecule has 0 fully saturated rings. The molecular formula is C20H25N5O. The van der Waals surface area contributed by atoms with Gasteiger partial charge in [0.1, 0.15) is 6.33 Å². The van der Waals surface area contributed by atoms with E-state index in [1.54, 1.807) is 4.52 Å². The molecule has 136 valence electrons. The summed E-state index contributed by atoms with van der Waals surface area (Å²) < 4.78 is 1.72. The minimum absolute atomic E-state index is 0.0477. The number of rotatable bonds is 6. The van der Waals surface area contributed by atoms with Crippen LogP contribution in [-0.2, 0) is 16.6 Å². The molecule has 6 heteroatoms. The highest BCUT2D eigenvalue weighted by molar-refractivity contribution is 5.76. The molecule has 0 aliphatic heterocycles. The third-order valence-corrected chi connectivity index (χ3v) is 4.87. The fourth-order valence-electron chi connectivity index (χ4n) is 3.16. The predicted octanol–water partition coefficient (Wildman–Crippen LogP) is 2.77. The maximum Gasteiger partial charge on any atom is 0.252 e. The van der Waals surface area contributed by atoms with Crippen molar-refractivity contribution in [3.63, 3.8) is 0 Å². The molecule has 0 saturated carbocycles. The van der Waals surface area contributed by atoms with Crippen LogP contribution in [0, 0.1) is 13.8 Å². The molecule has 1 N–H and O–H groups in total. The molecule has 0 aliphatic rings. The summed E-state index contributed by atoms with van der Waals surface area (Å²) in [6.07, 6.45) is 2.56. The number of nitrogens with zero attached hydrogens (tertiary/aromatic N) is 4. The van der Waals surface area contributed by atoms with Crippen molar-refractivity contribution in [3.05, 3.63) is 59.2 Å². The van der Waals surface area contributed by atoms with Gasteiger partial charge in [-0.3, -0.25) is 4.79 Å². The molecule has 0 atom stereocenters. The minimum Gasteiger partial charge on any atom is -0.355 e. The Morgan fingerprint density at radius 2 is 1.92 bits per heavy atom. The maximum absolute atomic E-state index is 12.4. The highest BCUT2D eigenvalue weighted by atomic mass is 16.1. The first-order valence-electron chi connectivity index (χ1n) is 8.86. The van der Waals surface area contributed by atoms with E-state index in [2.05, 4.69) is 46.4 Å². The van der Waals surface area contributed by atoms with Gasteiger partial charge >= 0.3 is 0 Å². The van der Waals surface area contributed by atoms with Crippen molar-refractivity contribution >= 4 is 11.7 Å². The highest BCUT2D eigenvalue weighted by Gasteiger charge is 2.21. The number of amides is 1. The number of aromatic nitrogens is 4. The SMILES string of the molecule is Cc1nc2ncnn2c(C)c1CCC(=O)NCC(C)(C)c1ccccc1. The van der Waals surface area contributed by atoms with E-state index in [1.165, 1.54) is 11.9 Å². The second-order valence-corrected chi connectivity index (χ2v) is 7.26. The summed E-state index contributed by atoms with van der Waals surface area (Å²) in [5.41, 5.74) is 4.06. The Labute approximate surface area is 153 Å². The first kappa shape index (κ1) is 18.0. The number of aryl methyl sites for hydroxylation is 2. The number of hydrogen-bond donors (Lipinski definition) is 1. The van der Waals surface area contributed by atoms with Gasteiger partial charge in [-0.1, -0.05) is 44.2 Å². The molecule has 0 spiro atoms. The van der Waals surface area contributed by atoms with E-state index >= 15 is 0 Å². The average molecular weight is 351 g/mol. The summed E-state index contributed by atoms with van der Waals surface area (Å²) >= 11 is 0. The van der Waals surface area contributed by atoms with Crippen LogP contribution in [0.25, 0.3) is 5.78 Å². The predicted molar refractivity (Wildman–Crippen MR) is 101 cm³/mol. The molecule has 3 rings (SSSR count). The van der Waals surface area contributed by atoms with Crippen molar-refractivity contribution in [2.75, 3.05) is 6.54 Å². The number of benzene rings is 1. The zero-order valence-electron chi connectivity index (χ0n) is 15.8. The molecule has 0 aliphatic carbocycles. The zero-order valence-corrected chi connectivity index (χ0v) is 15.8. The lowest BCUT2D eigenvalue weighted by atomic mass is 9.84. The van der Waals surface area contributed by atoms with Crippen molar-refractivity contribution in [1.29, 1.82) is 0 Å². The van der Waals surface area contributed by atoms with Gasteiger partial charge in [0.05, 0.1) is 0 Å². The van der Waals surface area contributed by atoms with Crippen LogP contribution in [0.3, 0.4) is 0 Å². The van der Waals surface area contributed by atoms with Crippen LogP contribution in [0.1, 0.15) is 42.8 Å². The second-order valence-electron chi connectivity index (χ2n) is 7.26. The van der Waals surface area contributed by atoms with E-state index < -0.39 is 0 Å². The molecule has 3 aromatic rings. The molecule has 1 aromatic carbocycles. The van der Waals surface area contributed by atoms with Gasteiger partial charge in [0.2, 0.25) is 5.91 Å². The van der Waals surface area contributed by atoms with Crippen LogP contribution in [-0.4, -0.2) is 32.0 Å². The first-order chi connectivity index (χ1) is 12.4. The van der Waals surface area contributed by atoms with Gasteiger partial charge < -0.3 is 5.32 Å². The maximum atomic E-state index is 12.4. The summed E-state index contributed by atoms with van der Waals surface area (Å²) in [4.78, 5) is 20.9. The van der Waals surface area contributed by atoms with Gasteiger partial charge in [-0.25, -0.2) is 9.50 Å². The smallest absolute Gasteiger partial charge is 0.252 e. The Hall–Kier alpha value is -2.76. The molecular weight excluding hydrogens is 326 g/mol. The Morgan fingerprint density at radius 3 is 2.65 bits per heavy atom. The van der Waals surface area contributed by atoms with E-state index in [4.69, 9.17) is 0 Å². The van der Waals surface area contributed by atoms with Crippen molar-refractivity contribution < 1.29 is 4.79 Å². The van der Waals surface area contributed by atoms with Gasteiger partial charge in [-0.05, 0) is 31.4 Å². The fraction of sp³-hybridized carbons (Fsp3) is 0.400. The Morgan fingerprint density at radius 1 is 1.19 bits per heavy atom. The zero-order chi connectivity index (χ0) is 18.7. The van der Waals surface area contributed by atoms with Crippen LogP contribution in [0.5, 0.6) is 0 Å². The van der Waals surface area contributed by atoms with Crippen molar-refractivity contribution in [2.45, 2.75) is 46.0 Å². The monoisotopic (exact) mass is 351 g/mol. The van der Waals surface area contributed by atoms with Crippen LogP contribution in [0.2, 0.25) is 0 Å².